The van der Waals surface area contributed by atoms with Crippen molar-refractivity contribution in [1.29, 1.82) is 0 Å². The highest BCUT2D eigenvalue weighted by Gasteiger charge is 2.34. The van der Waals surface area contributed by atoms with Gasteiger partial charge in [-0.15, -0.1) is 0 Å². The fraction of sp³-hybridized carbons (Fsp3) is 0.667. The second-order valence-electron chi connectivity index (χ2n) is 5.74. The summed E-state index contributed by atoms with van der Waals surface area (Å²) in [5.74, 6) is -0.120. The Bertz CT molecular complexity index is 505. The zero-order valence-electron chi connectivity index (χ0n) is 12.8. The van der Waals surface area contributed by atoms with Gasteiger partial charge in [-0.1, -0.05) is 18.2 Å². The van der Waals surface area contributed by atoms with E-state index in [1.165, 1.54) is 31.0 Å². The number of nitrogens with zero attached hydrogens (tertiary/aromatic N) is 3. The van der Waals surface area contributed by atoms with E-state index >= 15 is 0 Å². The third-order valence-corrected chi connectivity index (χ3v) is 4.88. The first-order valence-electron chi connectivity index (χ1n) is 7.76. The van der Waals surface area contributed by atoms with Crippen LogP contribution < -0.4 is 5.32 Å². The first kappa shape index (κ1) is 15.7. The van der Waals surface area contributed by atoms with Crippen LogP contribution in [0.5, 0.6) is 0 Å². The van der Waals surface area contributed by atoms with Gasteiger partial charge in [-0.2, -0.15) is 0 Å². The number of hydrogen-bond acceptors (Lipinski definition) is 6. The van der Waals surface area contributed by atoms with E-state index in [0.29, 0.717) is 23.9 Å². The van der Waals surface area contributed by atoms with E-state index in [-0.39, 0.29) is 18.0 Å². The molecule has 3 heterocycles. The second-order valence-corrected chi connectivity index (χ2v) is 6.51. The maximum Gasteiger partial charge on any atom is 0.254 e. The predicted molar refractivity (Wildman–Crippen MR) is 85.1 cm³/mol. The van der Waals surface area contributed by atoms with E-state index in [9.17, 15) is 4.79 Å². The summed E-state index contributed by atoms with van der Waals surface area (Å²) in [4.78, 5) is 23.1. The van der Waals surface area contributed by atoms with Gasteiger partial charge in [-0.25, -0.2) is 9.97 Å². The number of thioether (sulfide) groups is 1. The van der Waals surface area contributed by atoms with Crippen molar-refractivity contribution in [3.63, 3.8) is 0 Å². The Kier molecular flexibility index (Phi) is 5.28. The molecule has 1 aromatic heterocycles. The fourth-order valence-electron chi connectivity index (χ4n) is 3.08. The van der Waals surface area contributed by atoms with E-state index in [1.54, 1.807) is 12.4 Å². The van der Waals surface area contributed by atoms with Gasteiger partial charge in [0.25, 0.3) is 5.91 Å². The molecule has 1 aromatic rings. The third-order valence-electron chi connectivity index (χ3n) is 4.30. The molecule has 1 N–H and O–H groups in total. The second kappa shape index (κ2) is 7.39. The van der Waals surface area contributed by atoms with E-state index in [2.05, 4.69) is 20.2 Å². The van der Waals surface area contributed by atoms with Gasteiger partial charge in [0.1, 0.15) is 0 Å². The number of amides is 1. The molecule has 1 amide bonds. The highest BCUT2D eigenvalue weighted by molar-refractivity contribution is 7.98. The Labute approximate surface area is 135 Å². The summed E-state index contributed by atoms with van der Waals surface area (Å²) in [6.07, 6.45) is 8.86. The van der Waals surface area contributed by atoms with Crippen LogP contribution in [0.25, 0.3) is 0 Å². The van der Waals surface area contributed by atoms with Crippen LogP contribution >= 0.6 is 11.8 Å². The van der Waals surface area contributed by atoms with Crippen LogP contribution in [0.1, 0.15) is 29.6 Å². The lowest BCUT2D eigenvalue weighted by Gasteiger charge is -2.34. The lowest BCUT2D eigenvalue weighted by molar-refractivity contribution is 0.0899. The monoisotopic (exact) mass is 322 g/mol. The normalized spacial score (nSPS) is 26.0. The number of ether oxygens (including phenoxy) is 1. The minimum absolute atomic E-state index is 0.0471. The standard InChI is InChI=1S/C15H22N4O2S/c1-22-15-16-7-11(8-17-15)14(20)18-12-9-21-10-13(12)19-5-3-2-4-6-19/h7-8,12-13H,2-6,9-10H2,1H3,(H,18,20)/t12-,13-/m1/s1. The van der Waals surface area contributed by atoms with Crippen molar-refractivity contribution in [1.82, 2.24) is 20.2 Å². The van der Waals surface area contributed by atoms with E-state index < -0.39 is 0 Å². The number of carbonyl (C=O) groups is 1. The topological polar surface area (TPSA) is 67.3 Å². The summed E-state index contributed by atoms with van der Waals surface area (Å²) in [5.41, 5.74) is 0.502. The molecule has 0 bridgehead atoms. The Hall–Kier alpha value is -1.18. The van der Waals surface area contributed by atoms with Gasteiger partial charge in [-0.3, -0.25) is 9.69 Å². The maximum absolute atomic E-state index is 12.4. The third kappa shape index (κ3) is 3.59. The van der Waals surface area contributed by atoms with Gasteiger partial charge in [0, 0.05) is 12.4 Å². The van der Waals surface area contributed by atoms with Crippen molar-refractivity contribution in [2.75, 3.05) is 32.6 Å². The molecule has 0 saturated carbocycles. The van der Waals surface area contributed by atoms with Gasteiger partial charge in [0.05, 0.1) is 30.9 Å². The zero-order valence-corrected chi connectivity index (χ0v) is 13.6. The number of aromatic nitrogens is 2. The molecule has 120 valence electrons. The van der Waals surface area contributed by atoms with Crippen molar-refractivity contribution in [2.24, 2.45) is 0 Å². The van der Waals surface area contributed by atoms with Crippen LogP contribution in [0.3, 0.4) is 0 Å². The minimum atomic E-state index is -0.120. The molecule has 2 aliphatic rings. The average molecular weight is 322 g/mol. The van der Waals surface area contributed by atoms with Crippen LogP contribution in [0.2, 0.25) is 0 Å². The zero-order chi connectivity index (χ0) is 15.4. The fourth-order valence-corrected chi connectivity index (χ4v) is 3.40. The molecule has 7 heteroatoms. The molecule has 0 aromatic carbocycles. The van der Waals surface area contributed by atoms with Gasteiger partial charge in [0.2, 0.25) is 0 Å². The Morgan fingerprint density at radius 3 is 2.68 bits per heavy atom. The quantitative estimate of drug-likeness (QED) is 0.663. The van der Waals surface area contributed by atoms with Crippen molar-refractivity contribution in [3.8, 4) is 0 Å². The highest BCUT2D eigenvalue weighted by atomic mass is 32.2. The number of piperidine rings is 1. The largest absolute Gasteiger partial charge is 0.378 e. The van der Waals surface area contributed by atoms with Crippen molar-refractivity contribution >= 4 is 17.7 Å². The minimum Gasteiger partial charge on any atom is -0.378 e. The molecule has 6 nitrogen and oxygen atoms in total. The van der Waals surface area contributed by atoms with Gasteiger partial charge in [0.15, 0.2) is 5.16 Å². The average Bonchev–Trinajstić information content (AvgIpc) is 3.04. The lowest BCUT2D eigenvalue weighted by Crippen LogP contribution is -2.52. The first-order chi connectivity index (χ1) is 10.8. The summed E-state index contributed by atoms with van der Waals surface area (Å²) < 4.78 is 5.61. The molecule has 0 unspecified atom stereocenters. The maximum atomic E-state index is 12.4. The first-order valence-corrected chi connectivity index (χ1v) is 8.99. The lowest BCUT2D eigenvalue weighted by atomic mass is 10.0. The van der Waals surface area contributed by atoms with Gasteiger partial charge in [-0.05, 0) is 32.2 Å². The molecule has 22 heavy (non-hydrogen) atoms. The highest BCUT2D eigenvalue weighted by Crippen LogP contribution is 2.19. The van der Waals surface area contributed by atoms with E-state index in [4.69, 9.17) is 4.74 Å². The van der Waals surface area contributed by atoms with Crippen LogP contribution in [-0.2, 0) is 4.74 Å². The van der Waals surface area contributed by atoms with Crippen LogP contribution in [0.4, 0.5) is 0 Å². The number of hydrogen-bond donors (Lipinski definition) is 1. The van der Waals surface area contributed by atoms with E-state index in [0.717, 1.165) is 13.1 Å². The predicted octanol–water partition coefficient (Wildman–Crippen LogP) is 1.18. The molecule has 0 aliphatic carbocycles. The Balaban J connectivity index is 1.61. The Morgan fingerprint density at radius 1 is 1.27 bits per heavy atom. The molecule has 2 atom stereocenters. The number of rotatable bonds is 4. The number of nitrogens with one attached hydrogen (secondary N) is 1. The molecule has 2 fully saturated rings. The molecular formula is C15H22N4O2S. The molecular weight excluding hydrogens is 300 g/mol. The van der Waals surface area contributed by atoms with Gasteiger partial charge >= 0.3 is 0 Å². The summed E-state index contributed by atoms with van der Waals surface area (Å²) in [5, 5.41) is 3.76. The molecule has 0 radical (unpaired) electrons. The summed E-state index contributed by atoms with van der Waals surface area (Å²) >= 11 is 1.46. The van der Waals surface area contributed by atoms with E-state index in [1.807, 2.05) is 6.26 Å². The molecule has 3 rings (SSSR count). The van der Waals surface area contributed by atoms with Crippen LogP contribution in [-0.4, -0.2) is 65.4 Å². The summed E-state index contributed by atoms with van der Waals surface area (Å²) in [7, 11) is 0. The Morgan fingerprint density at radius 2 is 2.00 bits per heavy atom. The molecule has 0 spiro atoms. The van der Waals surface area contributed by atoms with Crippen molar-refractivity contribution in [3.05, 3.63) is 18.0 Å². The van der Waals surface area contributed by atoms with Crippen LogP contribution in [0.15, 0.2) is 17.6 Å². The van der Waals surface area contributed by atoms with Gasteiger partial charge < -0.3 is 10.1 Å². The van der Waals surface area contributed by atoms with Crippen molar-refractivity contribution < 1.29 is 9.53 Å². The number of carbonyl (C=O) groups excluding carboxylic acids is 1. The SMILES string of the molecule is CSc1ncc(C(=O)N[C@@H]2COC[C@H]2N2CCCCC2)cn1. The smallest absolute Gasteiger partial charge is 0.254 e. The molecule has 2 aliphatic heterocycles. The number of likely N-dealkylation sites (tertiary alicyclic amines) is 1. The summed E-state index contributed by atoms with van der Waals surface area (Å²) in [6, 6.07) is 0.335. The van der Waals surface area contributed by atoms with Crippen LogP contribution in [0, 0.1) is 0 Å². The molecule has 2 saturated heterocycles. The summed E-state index contributed by atoms with van der Waals surface area (Å²) in [6.45, 7) is 3.49. The van der Waals surface area contributed by atoms with Crippen molar-refractivity contribution in [2.45, 2.75) is 36.5 Å².